The molecule has 3 rings (SSSR count). The van der Waals surface area contributed by atoms with Crippen LogP contribution in [0.1, 0.15) is 20.8 Å². The van der Waals surface area contributed by atoms with Gasteiger partial charge in [0.05, 0.1) is 4.88 Å². The van der Waals surface area contributed by atoms with Crippen molar-refractivity contribution in [3.8, 4) is 5.75 Å². The molecule has 1 aromatic heterocycles. The fraction of sp³-hybridized carbons (Fsp3) is 0.158. The number of fused-ring (bicyclic) bond motifs is 1. The quantitative estimate of drug-likeness (QED) is 0.706. The Balaban J connectivity index is 1.53. The van der Waals surface area contributed by atoms with Crippen LogP contribution in [0.2, 0.25) is 0 Å². The molecule has 6 heteroatoms. The lowest BCUT2D eigenvalue weighted by Crippen LogP contribution is -2.43. The summed E-state index contributed by atoms with van der Waals surface area (Å²) in [7, 11) is 0. The van der Waals surface area contributed by atoms with E-state index in [-0.39, 0.29) is 12.5 Å². The van der Waals surface area contributed by atoms with Crippen molar-refractivity contribution in [2.75, 3.05) is 6.61 Å². The largest absolute Gasteiger partial charge is 0.483 e. The highest BCUT2D eigenvalue weighted by atomic mass is 32.1. The Morgan fingerprint density at radius 3 is 2.64 bits per heavy atom. The molecule has 2 N–H and O–H groups in total. The molecule has 128 valence electrons. The summed E-state index contributed by atoms with van der Waals surface area (Å²) in [5, 5.41) is 1.00. The minimum absolute atomic E-state index is 0.170. The minimum Gasteiger partial charge on any atom is -0.483 e. The number of aryl methyl sites for hydroxylation is 2. The van der Waals surface area contributed by atoms with Gasteiger partial charge in [0, 0.05) is 4.70 Å². The van der Waals surface area contributed by atoms with Gasteiger partial charge >= 0.3 is 0 Å². The number of hydrazine groups is 1. The summed E-state index contributed by atoms with van der Waals surface area (Å²) in [5.74, 6) is -0.109. The first-order valence-corrected chi connectivity index (χ1v) is 8.62. The fourth-order valence-electron chi connectivity index (χ4n) is 2.32. The van der Waals surface area contributed by atoms with Crippen LogP contribution in [0.5, 0.6) is 5.75 Å². The summed E-state index contributed by atoms with van der Waals surface area (Å²) in [4.78, 5) is 24.5. The van der Waals surface area contributed by atoms with E-state index in [1.807, 2.05) is 56.3 Å². The minimum atomic E-state index is -0.421. The third-order valence-electron chi connectivity index (χ3n) is 3.67. The van der Waals surface area contributed by atoms with E-state index in [1.165, 1.54) is 11.3 Å². The normalized spacial score (nSPS) is 10.5. The van der Waals surface area contributed by atoms with Crippen LogP contribution in [0.15, 0.2) is 48.5 Å². The lowest BCUT2D eigenvalue weighted by atomic mass is 10.1. The zero-order chi connectivity index (χ0) is 17.8. The van der Waals surface area contributed by atoms with E-state index in [2.05, 4.69) is 10.9 Å². The van der Waals surface area contributed by atoms with Crippen molar-refractivity contribution in [3.63, 3.8) is 0 Å². The van der Waals surface area contributed by atoms with E-state index in [9.17, 15) is 9.59 Å². The predicted octanol–water partition coefficient (Wildman–Crippen LogP) is 3.36. The van der Waals surface area contributed by atoms with Crippen LogP contribution < -0.4 is 15.6 Å². The first-order chi connectivity index (χ1) is 12.0. The van der Waals surface area contributed by atoms with Gasteiger partial charge in [-0.25, -0.2) is 0 Å². The molecule has 0 radical (unpaired) electrons. The molecule has 0 aliphatic heterocycles. The second-order valence-corrected chi connectivity index (χ2v) is 6.79. The summed E-state index contributed by atoms with van der Waals surface area (Å²) < 4.78 is 6.53. The average Bonchev–Trinajstić information content (AvgIpc) is 3.04. The second-order valence-electron chi connectivity index (χ2n) is 5.71. The number of rotatable bonds is 4. The number of amides is 2. The average molecular weight is 354 g/mol. The molecule has 0 saturated carbocycles. The Bertz CT molecular complexity index is 900. The lowest BCUT2D eigenvalue weighted by Gasteiger charge is -2.10. The first-order valence-electron chi connectivity index (χ1n) is 7.81. The van der Waals surface area contributed by atoms with Crippen molar-refractivity contribution in [2.45, 2.75) is 13.8 Å². The number of hydrogen-bond acceptors (Lipinski definition) is 4. The molecule has 0 bridgehead atoms. The molecule has 0 spiro atoms. The number of thiophene rings is 1. The van der Waals surface area contributed by atoms with E-state index < -0.39 is 5.91 Å². The Hall–Kier alpha value is -2.86. The third kappa shape index (κ3) is 4.16. The number of hydrogen-bond donors (Lipinski definition) is 2. The van der Waals surface area contributed by atoms with Gasteiger partial charge in [0.2, 0.25) is 0 Å². The van der Waals surface area contributed by atoms with Crippen molar-refractivity contribution in [3.05, 3.63) is 64.5 Å². The van der Waals surface area contributed by atoms with Gasteiger partial charge < -0.3 is 4.74 Å². The maximum atomic E-state index is 12.1. The van der Waals surface area contributed by atoms with Gasteiger partial charge in [-0.2, -0.15) is 0 Å². The van der Waals surface area contributed by atoms with Gasteiger partial charge in [-0.15, -0.1) is 11.3 Å². The number of benzene rings is 2. The Kier molecular flexibility index (Phi) is 5.00. The van der Waals surface area contributed by atoms with E-state index >= 15 is 0 Å². The van der Waals surface area contributed by atoms with Crippen molar-refractivity contribution in [2.24, 2.45) is 0 Å². The van der Waals surface area contributed by atoms with E-state index in [0.717, 1.165) is 21.2 Å². The highest BCUT2D eigenvalue weighted by molar-refractivity contribution is 7.20. The molecular formula is C19H18N2O3S. The molecule has 2 aromatic carbocycles. The molecule has 1 heterocycles. The molecule has 3 aromatic rings. The summed E-state index contributed by atoms with van der Waals surface area (Å²) in [6, 6.07) is 15.3. The molecular weight excluding hydrogens is 336 g/mol. The van der Waals surface area contributed by atoms with E-state index in [4.69, 9.17) is 4.74 Å². The maximum Gasteiger partial charge on any atom is 0.279 e. The van der Waals surface area contributed by atoms with Crippen LogP contribution in [-0.4, -0.2) is 18.4 Å². The van der Waals surface area contributed by atoms with Crippen LogP contribution in [0.25, 0.3) is 10.1 Å². The molecule has 0 atom stereocenters. The fourth-order valence-corrected chi connectivity index (χ4v) is 3.28. The van der Waals surface area contributed by atoms with Crippen LogP contribution >= 0.6 is 11.3 Å². The van der Waals surface area contributed by atoms with Gasteiger partial charge in [0.25, 0.3) is 11.8 Å². The van der Waals surface area contributed by atoms with Crippen LogP contribution in [-0.2, 0) is 4.79 Å². The number of nitrogens with one attached hydrogen (secondary N) is 2. The Morgan fingerprint density at radius 2 is 1.84 bits per heavy atom. The highest BCUT2D eigenvalue weighted by Crippen LogP contribution is 2.24. The third-order valence-corrected chi connectivity index (χ3v) is 4.78. The summed E-state index contributed by atoms with van der Waals surface area (Å²) >= 11 is 1.38. The van der Waals surface area contributed by atoms with Gasteiger partial charge in [-0.1, -0.05) is 30.3 Å². The molecule has 0 unspecified atom stereocenters. The van der Waals surface area contributed by atoms with E-state index in [0.29, 0.717) is 10.6 Å². The predicted molar refractivity (Wildman–Crippen MR) is 98.8 cm³/mol. The van der Waals surface area contributed by atoms with Crippen molar-refractivity contribution >= 4 is 33.2 Å². The van der Waals surface area contributed by atoms with Gasteiger partial charge in [0.15, 0.2) is 6.61 Å². The smallest absolute Gasteiger partial charge is 0.279 e. The standard InChI is InChI=1S/C19H18N2O3S/c1-12-7-8-13(2)15(9-12)24-11-18(22)20-21-19(23)17-10-14-5-3-4-6-16(14)25-17/h3-10H,11H2,1-2H3,(H,20,22)(H,21,23). The van der Waals surface area contributed by atoms with Crippen LogP contribution in [0.3, 0.4) is 0 Å². The Labute approximate surface area is 149 Å². The van der Waals surface area contributed by atoms with Crippen molar-refractivity contribution in [1.82, 2.24) is 10.9 Å². The van der Waals surface area contributed by atoms with E-state index in [1.54, 1.807) is 6.07 Å². The summed E-state index contributed by atoms with van der Waals surface area (Å²) in [6.07, 6.45) is 0. The monoisotopic (exact) mass is 354 g/mol. The topological polar surface area (TPSA) is 67.4 Å². The Morgan fingerprint density at radius 1 is 1.04 bits per heavy atom. The SMILES string of the molecule is Cc1ccc(C)c(OCC(=O)NNC(=O)c2cc3ccccc3s2)c1. The van der Waals surface area contributed by atoms with Gasteiger partial charge in [-0.3, -0.25) is 20.4 Å². The molecule has 25 heavy (non-hydrogen) atoms. The molecule has 0 saturated heterocycles. The molecule has 0 fully saturated rings. The second kappa shape index (κ2) is 7.36. The zero-order valence-electron chi connectivity index (χ0n) is 14.0. The number of ether oxygens (including phenoxy) is 1. The lowest BCUT2D eigenvalue weighted by molar-refractivity contribution is -0.123. The first kappa shape index (κ1) is 17.0. The number of carbonyl (C=O) groups excluding carboxylic acids is 2. The van der Waals surface area contributed by atoms with Crippen molar-refractivity contribution in [1.29, 1.82) is 0 Å². The zero-order valence-corrected chi connectivity index (χ0v) is 14.8. The molecule has 5 nitrogen and oxygen atoms in total. The van der Waals surface area contributed by atoms with Crippen LogP contribution in [0.4, 0.5) is 0 Å². The number of carbonyl (C=O) groups is 2. The maximum absolute atomic E-state index is 12.1. The highest BCUT2D eigenvalue weighted by Gasteiger charge is 2.11. The van der Waals surface area contributed by atoms with Crippen LogP contribution in [0, 0.1) is 13.8 Å². The molecule has 0 aliphatic carbocycles. The van der Waals surface area contributed by atoms with Gasteiger partial charge in [-0.05, 0) is 48.6 Å². The van der Waals surface area contributed by atoms with Crippen molar-refractivity contribution < 1.29 is 14.3 Å². The molecule has 2 amide bonds. The summed E-state index contributed by atoms with van der Waals surface area (Å²) in [5.41, 5.74) is 6.79. The molecule has 0 aliphatic rings. The summed E-state index contributed by atoms with van der Waals surface area (Å²) in [6.45, 7) is 3.70. The van der Waals surface area contributed by atoms with Gasteiger partial charge in [0.1, 0.15) is 5.75 Å².